The molecule has 1 aromatic heterocycles. The zero-order chi connectivity index (χ0) is 9.14. The van der Waals surface area contributed by atoms with E-state index in [1.165, 1.54) is 0 Å². The topological polar surface area (TPSA) is 73.9 Å². The summed E-state index contributed by atoms with van der Waals surface area (Å²) in [5.41, 5.74) is -0.774. The van der Waals surface area contributed by atoms with Crippen molar-refractivity contribution in [3.63, 3.8) is 0 Å². The van der Waals surface area contributed by atoms with Crippen molar-refractivity contribution in [1.82, 2.24) is 19.7 Å². The van der Waals surface area contributed by atoms with Crippen molar-refractivity contribution in [3.8, 4) is 0 Å². The van der Waals surface area contributed by atoms with Gasteiger partial charge in [0, 0.05) is 13.1 Å². The van der Waals surface area contributed by atoms with E-state index in [9.17, 15) is 9.59 Å². The van der Waals surface area contributed by atoms with Crippen molar-refractivity contribution >= 4 is 0 Å². The quantitative estimate of drug-likeness (QED) is 0.578. The van der Waals surface area contributed by atoms with Gasteiger partial charge in [-0.05, 0) is 14.1 Å². The average molecular weight is 172 g/mol. The molecular weight excluding hydrogens is 160 g/mol. The van der Waals surface area contributed by atoms with Crippen molar-refractivity contribution in [2.45, 2.75) is 6.54 Å². The van der Waals surface area contributed by atoms with Crippen LogP contribution in [0.1, 0.15) is 0 Å². The highest BCUT2D eigenvalue weighted by Gasteiger charge is 2.01. The van der Waals surface area contributed by atoms with Gasteiger partial charge in [0.25, 0.3) is 0 Å². The molecular formula is C6H12N4O2. The number of hydrogen-bond acceptors (Lipinski definition) is 3. The summed E-state index contributed by atoms with van der Waals surface area (Å²) < 4.78 is 1.12. The van der Waals surface area contributed by atoms with Crippen LogP contribution in [-0.4, -0.2) is 40.3 Å². The highest BCUT2D eigenvalue weighted by Crippen LogP contribution is 1.75. The molecule has 0 radical (unpaired) electrons. The first kappa shape index (κ1) is 8.79. The summed E-state index contributed by atoms with van der Waals surface area (Å²) in [7, 11) is 3.76. The summed E-state index contributed by atoms with van der Waals surface area (Å²) in [6.07, 6.45) is 0. The van der Waals surface area contributed by atoms with E-state index in [1.807, 2.05) is 19.0 Å². The lowest BCUT2D eigenvalue weighted by Gasteiger charge is -2.07. The molecule has 0 unspecified atom stereocenters. The molecule has 0 spiro atoms. The van der Waals surface area contributed by atoms with Crippen molar-refractivity contribution in [2.75, 3.05) is 20.6 Å². The van der Waals surface area contributed by atoms with Crippen molar-refractivity contribution in [3.05, 3.63) is 21.0 Å². The van der Waals surface area contributed by atoms with Crippen molar-refractivity contribution in [1.29, 1.82) is 0 Å². The van der Waals surface area contributed by atoms with E-state index in [-0.39, 0.29) is 11.4 Å². The van der Waals surface area contributed by atoms with Crippen LogP contribution >= 0.6 is 0 Å². The number of hydrogen-bond donors (Lipinski definition) is 2. The van der Waals surface area contributed by atoms with Crippen LogP contribution in [0.3, 0.4) is 0 Å². The lowest BCUT2D eigenvalue weighted by molar-refractivity contribution is 0.378. The third kappa shape index (κ3) is 1.85. The summed E-state index contributed by atoms with van der Waals surface area (Å²) in [6, 6.07) is 0. The molecule has 0 bridgehead atoms. The first-order valence-electron chi connectivity index (χ1n) is 3.63. The first-order chi connectivity index (χ1) is 5.61. The van der Waals surface area contributed by atoms with Gasteiger partial charge in [0.2, 0.25) is 0 Å². The number of likely N-dealkylation sites (N-methyl/N-ethyl adjacent to an activating group) is 1. The second-order valence-corrected chi connectivity index (χ2v) is 2.82. The van der Waals surface area contributed by atoms with E-state index in [1.54, 1.807) is 0 Å². The number of nitrogens with one attached hydrogen (secondary N) is 2. The van der Waals surface area contributed by atoms with E-state index >= 15 is 0 Å². The number of H-pyrrole nitrogens is 2. The average Bonchev–Trinajstić information content (AvgIpc) is 2.28. The molecule has 6 heteroatoms. The van der Waals surface area contributed by atoms with Gasteiger partial charge in [-0.15, -0.1) is 0 Å². The zero-order valence-corrected chi connectivity index (χ0v) is 7.13. The third-order valence-corrected chi connectivity index (χ3v) is 1.54. The van der Waals surface area contributed by atoms with Crippen molar-refractivity contribution in [2.24, 2.45) is 0 Å². The molecule has 0 aliphatic rings. The SMILES string of the molecule is CN(C)CCn1c(=O)[nH][nH]c1=O. The number of rotatable bonds is 3. The molecule has 68 valence electrons. The molecule has 1 heterocycles. The van der Waals surface area contributed by atoms with Gasteiger partial charge in [-0.1, -0.05) is 0 Å². The minimum atomic E-state index is -0.387. The van der Waals surface area contributed by atoms with Gasteiger partial charge in [-0.3, -0.25) is 0 Å². The fraction of sp³-hybridized carbons (Fsp3) is 0.667. The molecule has 0 saturated carbocycles. The summed E-state index contributed by atoms with van der Waals surface area (Å²) in [5, 5.41) is 4.42. The molecule has 0 saturated heterocycles. The predicted molar refractivity (Wildman–Crippen MR) is 44.2 cm³/mol. The summed E-state index contributed by atoms with van der Waals surface area (Å²) in [4.78, 5) is 23.7. The fourth-order valence-corrected chi connectivity index (χ4v) is 0.837. The Hall–Kier alpha value is -1.30. The second kappa shape index (κ2) is 3.40. The maximum Gasteiger partial charge on any atom is 0.344 e. The molecule has 1 rings (SSSR count). The number of aromatic nitrogens is 3. The second-order valence-electron chi connectivity index (χ2n) is 2.82. The molecule has 0 atom stereocenters. The van der Waals surface area contributed by atoms with E-state index in [4.69, 9.17) is 0 Å². The van der Waals surface area contributed by atoms with Crippen LogP contribution in [0.5, 0.6) is 0 Å². The Kier molecular flexibility index (Phi) is 2.49. The normalized spacial score (nSPS) is 10.9. The summed E-state index contributed by atoms with van der Waals surface area (Å²) in [6.45, 7) is 1.07. The number of aromatic amines is 2. The highest BCUT2D eigenvalue weighted by atomic mass is 16.2. The maximum atomic E-state index is 10.9. The van der Waals surface area contributed by atoms with Gasteiger partial charge in [0.1, 0.15) is 0 Å². The molecule has 2 N–H and O–H groups in total. The third-order valence-electron chi connectivity index (χ3n) is 1.54. The predicted octanol–water partition coefficient (Wildman–Crippen LogP) is -1.57. The van der Waals surface area contributed by atoms with Crippen LogP contribution in [0.2, 0.25) is 0 Å². The van der Waals surface area contributed by atoms with Gasteiger partial charge in [-0.25, -0.2) is 24.4 Å². The first-order valence-corrected chi connectivity index (χ1v) is 3.63. The monoisotopic (exact) mass is 172 g/mol. The lowest BCUT2D eigenvalue weighted by Crippen LogP contribution is -2.31. The Morgan fingerprint density at radius 2 is 1.75 bits per heavy atom. The van der Waals surface area contributed by atoms with Crippen LogP contribution in [0.4, 0.5) is 0 Å². The lowest BCUT2D eigenvalue weighted by atomic mass is 10.6. The highest BCUT2D eigenvalue weighted by molar-refractivity contribution is 4.65. The summed E-state index contributed by atoms with van der Waals surface area (Å²) >= 11 is 0. The fourth-order valence-electron chi connectivity index (χ4n) is 0.837. The minimum absolute atomic E-state index is 0.387. The van der Waals surface area contributed by atoms with E-state index in [0.29, 0.717) is 13.1 Å². The van der Waals surface area contributed by atoms with Gasteiger partial charge < -0.3 is 4.90 Å². The Labute approximate surface area is 68.8 Å². The van der Waals surface area contributed by atoms with Crippen molar-refractivity contribution < 1.29 is 0 Å². The zero-order valence-electron chi connectivity index (χ0n) is 7.13. The molecule has 0 amide bonds. The van der Waals surface area contributed by atoms with Crippen LogP contribution in [-0.2, 0) is 6.54 Å². The molecule has 0 aliphatic carbocycles. The van der Waals surface area contributed by atoms with Gasteiger partial charge >= 0.3 is 11.4 Å². The summed E-state index contributed by atoms with van der Waals surface area (Å²) in [5.74, 6) is 0. The van der Waals surface area contributed by atoms with Crippen LogP contribution in [0.25, 0.3) is 0 Å². The van der Waals surface area contributed by atoms with E-state index in [2.05, 4.69) is 10.2 Å². The maximum absolute atomic E-state index is 10.9. The Bertz CT molecular complexity index is 317. The molecule has 0 aliphatic heterocycles. The van der Waals surface area contributed by atoms with Crippen LogP contribution < -0.4 is 11.4 Å². The molecule has 0 aromatic carbocycles. The molecule has 1 aromatic rings. The Morgan fingerprint density at radius 3 is 2.17 bits per heavy atom. The van der Waals surface area contributed by atoms with Gasteiger partial charge in [0.05, 0.1) is 0 Å². The van der Waals surface area contributed by atoms with Crippen LogP contribution in [0, 0.1) is 0 Å². The number of nitrogens with zero attached hydrogens (tertiary/aromatic N) is 2. The standard InChI is InChI=1S/C6H12N4O2/c1-9(2)3-4-10-5(11)7-8-6(10)12/h3-4H2,1-2H3,(H,7,11)(H,8,12). The van der Waals surface area contributed by atoms with E-state index < -0.39 is 0 Å². The molecule has 12 heavy (non-hydrogen) atoms. The molecule has 0 fully saturated rings. The smallest absolute Gasteiger partial charge is 0.308 e. The Morgan fingerprint density at radius 1 is 1.25 bits per heavy atom. The molecule has 6 nitrogen and oxygen atoms in total. The minimum Gasteiger partial charge on any atom is -0.308 e. The largest absolute Gasteiger partial charge is 0.344 e. The van der Waals surface area contributed by atoms with Gasteiger partial charge in [-0.2, -0.15) is 0 Å². The Balaban J connectivity index is 2.75. The van der Waals surface area contributed by atoms with E-state index in [0.717, 1.165) is 4.57 Å². The van der Waals surface area contributed by atoms with Crippen LogP contribution in [0.15, 0.2) is 9.59 Å². The van der Waals surface area contributed by atoms with Gasteiger partial charge in [0.15, 0.2) is 0 Å².